The molecule has 22 heavy (non-hydrogen) atoms. The van der Waals surface area contributed by atoms with Gasteiger partial charge in [-0.2, -0.15) is 5.10 Å². The molecule has 7 heteroatoms. The number of benzene rings is 1. The number of hydrogen-bond donors (Lipinski definition) is 2. The largest absolute Gasteiger partial charge is 1.00 e. The lowest BCUT2D eigenvalue weighted by atomic mass is 10.1. The number of hydrogen-bond acceptors (Lipinski definition) is 3. The van der Waals surface area contributed by atoms with Gasteiger partial charge >= 0.3 is 0 Å². The number of nitrogens with two attached hydrogens (primary N) is 1. The molecule has 1 atom stereocenters. The summed E-state index contributed by atoms with van der Waals surface area (Å²) in [6, 6.07) is 9.82. The standard InChI is InChI=1S/C15H16N4O.2ClH/c20-15(14-4-2-8-17-14)19-18-10-11-5-6-13-12(9-11)3-1-7-16-13;;/h1,3,5-7,9-10,14,17H,2,4,8H2,(H,19,20);2*1H/t14-;;/m0../s1. The van der Waals surface area contributed by atoms with Crippen molar-refractivity contribution in [3.8, 4) is 0 Å². The SMILES string of the molecule is Cl.O=C(NN=Cc1ccc2ncccc2c1)[C@@H]1CCC[NH2+]1.[Cl-]. The summed E-state index contributed by atoms with van der Waals surface area (Å²) < 4.78 is 0. The van der Waals surface area contributed by atoms with E-state index in [-0.39, 0.29) is 36.8 Å². The lowest BCUT2D eigenvalue weighted by molar-refractivity contribution is -0.657. The molecular weight excluding hydrogens is 323 g/mol. The van der Waals surface area contributed by atoms with Crippen molar-refractivity contribution in [1.82, 2.24) is 10.4 Å². The molecule has 1 aliphatic rings. The first-order valence-corrected chi connectivity index (χ1v) is 6.84. The molecule has 0 radical (unpaired) electrons. The van der Waals surface area contributed by atoms with E-state index in [0.29, 0.717) is 0 Å². The molecule has 118 valence electrons. The van der Waals surface area contributed by atoms with Gasteiger partial charge in [0.25, 0.3) is 5.91 Å². The molecule has 1 saturated heterocycles. The third-order valence-electron chi connectivity index (χ3n) is 3.52. The number of rotatable bonds is 3. The number of amides is 1. The van der Waals surface area contributed by atoms with Gasteiger partial charge in [0.15, 0.2) is 6.04 Å². The second kappa shape index (κ2) is 8.68. The Labute approximate surface area is 141 Å². The van der Waals surface area contributed by atoms with Crippen LogP contribution in [0.3, 0.4) is 0 Å². The van der Waals surface area contributed by atoms with Crippen molar-refractivity contribution in [2.45, 2.75) is 18.9 Å². The molecule has 2 heterocycles. The summed E-state index contributed by atoms with van der Waals surface area (Å²) in [6.07, 6.45) is 5.47. The van der Waals surface area contributed by atoms with Gasteiger partial charge in [-0.3, -0.25) is 9.78 Å². The van der Waals surface area contributed by atoms with Crippen molar-refractivity contribution in [3.05, 3.63) is 42.1 Å². The fraction of sp³-hybridized carbons (Fsp3) is 0.267. The van der Waals surface area contributed by atoms with Crippen molar-refractivity contribution in [2.24, 2.45) is 5.10 Å². The number of halogens is 2. The van der Waals surface area contributed by atoms with E-state index in [0.717, 1.165) is 35.9 Å². The zero-order chi connectivity index (χ0) is 13.8. The molecule has 0 saturated carbocycles. The zero-order valence-corrected chi connectivity index (χ0v) is 13.5. The van der Waals surface area contributed by atoms with Crippen LogP contribution in [0.25, 0.3) is 10.9 Å². The van der Waals surface area contributed by atoms with E-state index in [1.807, 2.05) is 30.3 Å². The Morgan fingerprint density at radius 3 is 3.05 bits per heavy atom. The molecule has 2 aromatic rings. The number of carbonyl (C=O) groups is 1. The minimum absolute atomic E-state index is 0. The van der Waals surface area contributed by atoms with Crippen molar-refractivity contribution in [3.63, 3.8) is 0 Å². The molecule has 3 rings (SSSR count). The fourth-order valence-electron chi connectivity index (χ4n) is 2.44. The molecular formula is C15H18Cl2N4O. The van der Waals surface area contributed by atoms with Crippen LogP contribution in [0.1, 0.15) is 18.4 Å². The molecule has 1 aromatic heterocycles. The van der Waals surface area contributed by atoms with Crippen molar-refractivity contribution in [2.75, 3.05) is 6.54 Å². The van der Waals surface area contributed by atoms with Crippen LogP contribution in [-0.4, -0.2) is 29.7 Å². The molecule has 1 fully saturated rings. The average molecular weight is 341 g/mol. The van der Waals surface area contributed by atoms with Crippen molar-refractivity contribution < 1.29 is 22.5 Å². The molecule has 1 aliphatic heterocycles. The van der Waals surface area contributed by atoms with Crippen LogP contribution in [0, 0.1) is 0 Å². The third-order valence-corrected chi connectivity index (χ3v) is 3.52. The van der Waals surface area contributed by atoms with E-state index in [9.17, 15) is 4.79 Å². The Hall–Kier alpha value is -1.69. The third kappa shape index (κ3) is 4.40. The number of nitrogens with zero attached hydrogens (tertiary/aromatic N) is 2. The predicted molar refractivity (Wildman–Crippen MR) is 84.5 cm³/mol. The number of fused-ring (bicyclic) bond motifs is 1. The Kier molecular flexibility index (Phi) is 7.24. The van der Waals surface area contributed by atoms with E-state index < -0.39 is 0 Å². The van der Waals surface area contributed by atoms with Gasteiger partial charge in [0, 0.05) is 24.4 Å². The molecule has 5 nitrogen and oxygen atoms in total. The van der Waals surface area contributed by atoms with E-state index in [1.54, 1.807) is 12.4 Å². The summed E-state index contributed by atoms with van der Waals surface area (Å²) in [5.41, 5.74) is 4.50. The highest BCUT2D eigenvalue weighted by Crippen LogP contribution is 2.11. The molecule has 1 aromatic carbocycles. The second-order valence-corrected chi connectivity index (χ2v) is 4.96. The normalized spacial score (nSPS) is 17.0. The minimum atomic E-state index is -0.0128. The lowest BCUT2D eigenvalue weighted by Crippen LogP contribution is -3.00. The van der Waals surface area contributed by atoms with Gasteiger partial charge in [0.1, 0.15) is 0 Å². The quantitative estimate of drug-likeness (QED) is 0.493. The van der Waals surface area contributed by atoms with Gasteiger partial charge < -0.3 is 17.7 Å². The van der Waals surface area contributed by atoms with Crippen LogP contribution in [-0.2, 0) is 4.79 Å². The zero-order valence-electron chi connectivity index (χ0n) is 11.9. The maximum Gasteiger partial charge on any atom is 0.298 e. The Morgan fingerprint density at radius 1 is 1.41 bits per heavy atom. The first-order valence-electron chi connectivity index (χ1n) is 6.84. The summed E-state index contributed by atoms with van der Waals surface area (Å²) in [5, 5.41) is 7.15. The number of aromatic nitrogens is 1. The van der Waals surface area contributed by atoms with Gasteiger partial charge in [0.2, 0.25) is 0 Å². The van der Waals surface area contributed by atoms with Gasteiger partial charge in [0.05, 0.1) is 18.3 Å². The first kappa shape index (κ1) is 18.4. The Morgan fingerprint density at radius 2 is 2.27 bits per heavy atom. The summed E-state index contributed by atoms with van der Waals surface area (Å²) in [5.74, 6) is -0.0128. The van der Waals surface area contributed by atoms with Crippen LogP contribution >= 0.6 is 12.4 Å². The molecule has 0 spiro atoms. The predicted octanol–water partition coefficient (Wildman–Crippen LogP) is -2.16. The van der Waals surface area contributed by atoms with Crippen LogP contribution in [0.15, 0.2) is 41.6 Å². The number of carbonyl (C=O) groups excluding carboxylic acids is 1. The van der Waals surface area contributed by atoms with E-state index in [4.69, 9.17) is 0 Å². The monoisotopic (exact) mass is 340 g/mol. The van der Waals surface area contributed by atoms with E-state index >= 15 is 0 Å². The first-order chi connectivity index (χ1) is 9.83. The van der Waals surface area contributed by atoms with Crippen LogP contribution in [0.2, 0.25) is 0 Å². The average Bonchev–Trinajstić information content (AvgIpc) is 3.01. The summed E-state index contributed by atoms with van der Waals surface area (Å²) in [7, 11) is 0. The summed E-state index contributed by atoms with van der Waals surface area (Å²) in [6.45, 7) is 1.03. The lowest BCUT2D eigenvalue weighted by Gasteiger charge is -2.04. The maximum absolute atomic E-state index is 11.8. The molecule has 1 amide bonds. The van der Waals surface area contributed by atoms with Gasteiger partial charge in [-0.05, 0) is 23.8 Å². The Bertz CT molecular complexity index is 657. The van der Waals surface area contributed by atoms with Crippen LogP contribution < -0.4 is 23.1 Å². The van der Waals surface area contributed by atoms with Crippen molar-refractivity contribution >= 4 is 35.4 Å². The second-order valence-electron chi connectivity index (χ2n) is 4.96. The summed E-state index contributed by atoms with van der Waals surface area (Å²) >= 11 is 0. The molecule has 0 bridgehead atoms. The number of hydrazone groups is 1. The van der Waals surface area contributed by atoms with Crippen molar-refractivity contribution in [1.29, 1.82) is 0 Å². The van der Waals surface area contributed by atoms with Gasteiger partial charge in [-0.15, -0.1) is 12.4 Å². The van der Waals surface area contributed by atoms with Crippen LogP contribution in [0.4, 0.5) is 0 Å². The van der Waals surface area contributed by atoms with Crippen LogP contribution in [0.5, 0.6) is 0 Å². The molecule has 3 N–H and O–H groups in total. The fourth-order valence-corrected chi connectivity index (χ4v) is 2.44. The maximum atomic E-state index is 11.8. The number of nitrogens with one attached hydrogen (secondary N) is 1. The van der Waals surface area contributed by atoms with Gasteiger partial charge in [-0.1, -0.05) is 12.1 Å². The Balaban J connectivity index is 0.00000121. The smallest absolute Gasteiger partial charge is 0.298 e. The number of quaternary nitrogens is 1. The topological polar surface area (TPSA) is 71.0 Å². The highest BCUT2D eigenvalue weighted by molar-refractivity contribution is 5.89. The van der Waals surface area contributed by atoms with E-state index in [2.05, 4.69) is 20.8 Å². The minimum Gasteiger partial charge on any atom is -1.00 e. The highest BCUT2D eigenvalue weighted by Gasteiger charge is 2.25. The highest BCUT2D eigenvalue weighted by atomic mass is 35.5. The molecule has 0 unspecified atom stereocenters. The summed E-state index contributed by atoms with van der Waals surface area (Å²) in [4.78, 5) is 16.0. The van der Waals surface area contributed by atoms with Gasteiger partial charge in [-0.25, -0.2) is 5.43 Å². The molecule has 0 aliphatic carbocycles. The van der Waals surface area contributed by atoms with E-state index in [1.165, 1.54) is 0 Å². The number of pyridine rings is 1.